The minimum atomic E-state index is -1.28. The molecule has 3 atom stereocenters. The number of ether oxygens (including phenoxy) is 2. The summed E-state index contributed by atoms with van der Waals surface area (Å²) in [5.41, 5.74) is 1.52. The quantitative estimate of drug-likeness (QED) is 0.432. The molecule has 1 fully saturated rings. The number of hydrogen-bond donors (Lipinski definition) is 2. The second-order valence-electron chi connectivity index (χ2n) is 8.24. The topological polar surface area (TPSA) is 126 Å². The number of rotatable bonds is 7. The summed E-state index contributed by atoms with van der Waals surface area (Å²) in [6.45, 7) is -0.455. The number of carboxylic acid groups (broad SMARTS) is 1. The highest BCUT2D eigenvalue weighted by atomic mass is 35.5. The number of aliphatic carboxylic acids is 1. The molecule has 186 valence electrons. The third kappa shape index (κ3) is 4.38. The van der Waals surface area contributed by atoms with Crippen LogP contribution in [0.2, 0.25) is 5.02 Å². The van der Waals surface area contributed by atoms with Gasteiger partial charge in [-0.05, 0) is 35.4 Å². The second-order valence-corrected chi connectivity index (χ2v) is 10.8. The number of methoxy groups -OCH3 is 1. The Morgan fingerprint density at radius 1 is 1.14 bits per heavy atom. The molecule has 3 aromatic rings. The van der Waals surface area contributed by atoms with E-state index in [9.17, 15) is 24.3 Å². The first kappa shape index (κ1) is 24.4. The Morgan fingerprint density at radius 3 is 2.67 bits per heavy atom. The number of imide groups is 1. The molecule has 2 aliphatic heterocycles. The van der Waals surface area contributed by atoms with Crippen LogP contribution < -0.4 is 14.3 Å². The Hall–Kier alpha value is -3.28. The van der Waals surface area contributed by atoms with Gasteiger partial charge in [0.2, 0.25) is 11.8 Å². The van der Waals surface area contributed by atoms with Crippen molar-refractivity contribution < 1.29 is 29.0 Å². The van der Waals surface area contributed by atoms with E-state index in [4.69, 9.17) is 21.1 Å². The van der Waals surface area contributed by atoms with Gasteiger partial charge < -0.3 is 19.6 Å². The van der Waals surface area contributed by atoms with Crippen molar-refractivity contribution in [1.29, 1.82) is 0 Å². The van der Waals surface area contributed by atoms with Crippen molar-refractivity contribution in [3.05, 3.63) is 73.2 Å². The molecule has 0 bridgehead atoms. The number of hydrogen-bond acceptors (Lipinski definition) is 8. The van der Waals surface area contributed by atoms with Gasteiger partial charge in [0.15, 0.2) is 11.5 Å². The van der Waals surface area contributed by atoms with Gasteiger partial charge in [-0.25, -0.2) is 0 Å². The summed E-state index contributed by atoms with van der Waals surface area (Å²) in [5, 5.41) is 9.47. The number of amides is 2. The molecule has 3 heterocycles. The van der Waals surface area contributed by atoms with Gasteiger partial charge in [0.05, 0.1) is 18.1 Å². The largest absolute Gasteiger partial charge is 0.493 e. The zero-order valence-corrected chi connectivity index (χ0v) is 21.1. The van der Waals surface area contributed by atoms with E-state index in [-0.39, 0.29) is 11.5 Å². The third-order valence-corrected chi connectivity index (χ3v) is 8.67. The lowest BCUT2D eigenvalue weighted by atomic mass is 9.83. The average Bonchev–Trinajstić information content (AvgIpc) is 3.33. The highest BCUT2D eigenvalue weighted by Crippen LogP contribution is 2.53. The van der Waals surface area contributed by atoms with E-state index in [1.807, 2.05) is 12.1 Å². The molecule has 2 N–H and O–H groups in total. The zero-order chi connectivity index (χ0) is 25.6. The van der Waals surface area contributed by atoms with E-state index in [0.717, 1.165) is 33.6 Å². The first-order chi connectivity index (χ1) is 17.3. The summed E-state index contributed by atoms with van der Waals surface area (Å²) in [6, 6.07) is 12.5. The highest BCUT2D eigenvalue weighted by Gasteiger charge is 2.56. The van der Waals surface area contributed by atoms with Crippen LogP contribution in [-0.4, -0.2) is 51.7 Å². The molecular formula is C24H19ClN2O7S2. The first-order valence-corrected chi connectivity index (χ1v) is 12.9. The fourth-order valence-corrected chi connectivity index (χ4v) is 7.26. The number of thiazole rings is 1. The van der Waals surface area contributed by atoms with Crippen molar-refractivity contribution in [1.82, 2.24) is 9.88 Å². The number of aromatic nitrogens is 1. The van der Waals surface area contributed by atoms with Crippen LogP contribution in [0.25, 0.3) is 0 Å². The Labute approximate surface area is 218 Å². The standard InChI is InChI=1S/C24H19ClN2O7S2/c1-33-15-8-12(5-6-14(15)34-10-11-3-2-4-13(25)7-11)17-18-20(35-21-19(17)36-24(32)26-21)23(31)27(22(18)30)9-16(28)29/h2-8,17-18,20H,9-10H2,1H3,(H,26,32)(H,28,29)/t17-,18?,20?/m1/s1. The summed E-state index contributed by atoms with van der Waals surface area (Å²) < 4.78 is 11.5. The van der Waals surface area contributed by atoms with Crippen molar-refractivity contribution in [3.8, 4) is 11.5 Å². The molecule has 0 aliphatic carbocycles. The number of nitrogens with zero attached hydrogens (tertiary/aromatic N) is 1. The molecular weight excluding hydrogens is 528 g/mol. The Balaban J connectivity index is 1.51. The zero-order valence-electron chi connectivity index (χ0n) is 18.7. The van der Waals surface area contributed by atoms with Gasteiger partial charge in [-0.3, -0.25) is 24.1 Å². The lowest BCUT2D eigenvalue weighted by Gasteiger charge is -2.30. The maximum absolute atomic E-state index is 13.3. The molecule has 5 rings (SSSR count). The van der Waals surface area contributed by atoms with Crippen LogP contribution in [0.1, 0.15) is 21.9 Å². The number of likely N-dealkylation sites (tertiary alicyclic amines) is 1. The Morgan fingerprint density at radius 2 is 1.94 bits per heavy atom. The molecule has 2 unspecified atom stereocenters. The van der Waals surface area contributed by atoms with Gasteiger partial charge in [-0.15, -0.1) is 0 Å². The molecule has 2 amide bonds. The highest BCUT2D eigenvalue weighted by molar-refractivity contribution is 8.00. The van der Waals surface area contributed by atoms with Gasteiger partial charge in [0, 0.05) is 15.8 Å². The predicted octanol–water partition coefficient (Wildman–Crippen LogP) is 3.35. The fraction of sp³-hybridized carbons (Fsp3) is 0.250. The van der Waals surface area contributed by atoms with Crippen LogP contribution >= 0.6 is 34.7 Å². The summed E-state index contributed by atoms with van der Waals surface area (Å²) in [4.78, 5) is 53.6. The van der Waals surface area contributed by atoms with Gasteiger partial charge in [-0.1, -0.05) is 52.9 Å². The van der Waals surface area contributed by atoms with E-state index in [2.05, 4.69) is 4.98 Å². The number of H-pyrrole nitrogens is 1. The fourth-order valence-electron chi connectivity index (χ4n) is 4.51. The van der Waals surface area contributed by atoms with Crippen LogP contribution in [0.5, 0.6) is 11.5 Å². The molecule has 1 saturated heterocycles. The van der Waals surface area contributed by atoms with Crippen LogP contribution in [0.3, 0.4) is 0 Å². The van der Waals surface area contributed by atoms with Crippen molar-refractivity contribution >= 4 is 52.5 Å². The molecule has 12 heteroatoms. The van der Waals surface area contributed by atoms with Gasteiger partial charge in [0.25, 0.3) is 0 Å². The van der Waals surface area contributed by atoms with Crippen LogP contribution in [0.15, 0.2) is 52.3 Å². The van der Waals surface area contributed by atoms with Crippen molar-refractivity contribution in [2.24, 2.45) is 5.92 Å². The molecule has 36 heavy (non-hydrogen) atoms. The van der Waals surface area contributed by atoms with Gasteiger partial charge in [-0.2, -0.15) is 0 Å². The number of benzene rings is 2. The summed E-state index contributed by atoms with van der Waals surface area (Å²) in [6.07, 6.45) is 0. The van der Waals surface area contributed by atoms with Crippen LogP contribution in [-0.2, 0) is 21.0 Å². The molecule has 2 aromatic carbocycles. The van der Waals surface area contributed by atoms with Crippen LogP contribution in [0, 0.1) is 5.92 Å². The monoisotopic (exact) mass is 546 g/mol. The van der Waals surface area contributed by atoms with Crippen LogP contribution in [0.4, 0.5) is 0 Å². The van der Waals surface area contributed by atoms with Gasteiger partial charge >= 0.3 is 10.8 Å². The number of carboxylic acids is 1. The Kier molecular flexibility index (Phi) is 6.54. The predicted molar refractivity (Wildman–Crippen MR) is 133 cm³/mol. The van der Waals surface area contributed by atoms with Crippen molar-refractivity contribution in [2.45, 2.75) is 22.8 Å². The molecule has 0 saturated carbocycles. The molecule has 0 radical (unpaired) electrons. The normalized spacial score (nSPS) is 20.7. The smallest absolute Gasteiger partial charge is 0.323 e. The maximum Gasteiger partial charge on any atom is 0.323 e. The average molecular weight is 547 g/mol. The third-order valence-electron chi connectivity index (χ3n) is 6.04. The van der Waals surface area contributed by atoms with E-state index < -0.39 is 41.4 Å². The lowest BCUT2D eigenvalue weighted by Crippen LogP contribution is -2.36. The number of fused-ring (bicyclic) bond motifs is 2. The number of aromatic amines is 1. The van der Waals surface area contributed by atoms with Gasteiger partial charge in [0.1, 0.15) is 18.4 Å². The number of halogens is 1. The van der Waals surface area contributed by atoms with E-state index in [1.54, 1.807) is 30.3 Å². The number of nitrogens with one attached hydrogen (secondary N) is 1. The van der Waals surface area contributed by atoms with E-state index in [1.165, 1.54) is 7.11 Å². The molecule has 9 nitrogen and oxygen atoms in total. The number of thioether (sulfide) groups is 1. The summed E-state index contributed by atoms with van der Waals surface area (Å²) >= 11 is 8.11. The first-order valence-electron chi connectivity index (χ1n) is 10.8. The van der Waals surface area contributed by atoms with Crippen molar-refractivity contribution in [3.63, 3.8) is 0 Å². The number of carbonyl (C=O) groups excluding carboxylic acids is 2. The molecule has 1 aromatic heterocycles. The minimum Gasteiger partial charge on any atom is -0.493 e. The van der Waals surface area contributed by atoms with E-state index >= 15 is 0 Å². The molecule has 0 spiro atoms. The molecule has 2 aliphatic rings. The second kappa shape index (κ2) is 9.64. The van der Waals surface area contributed by atoms with Crippen molar-refractivity contribution in [2.75, 3.05) is 13.7 Å². The SMILES string of the molecule is COc1cc([C@H]2c3sc(=O)[nH]c3SC3C(=O)N(CC(=O)O)C(=O)C32)ccc1OCc1cccc(Cl)c1. The van der Waals surface area contributed by atoms with E-state index in [0.29, 0.717) is 32.0 Å². The Bertz CT molecular complexity index is 1440. The number of carbonyl (C=O) groups is 3. The summed E-state index contributed by atoms with van der Waals surface area (Å²) in [7, 11) is 1.49. The maximum atomic E-state index is 13.3. The minimum absolute atomic E-state index is 0.252. The summed E-state index contributed by atoms with van der Waals surface area (Å²) in [5.74, 6) is -3.04. The lowest BCUT2D eigenvalue weighted by molar-refractivity contribution is -0.149.